The Morgan fingerprint density at radius 3 is 2.31 bits per heavy atom. The normalized spacial score (nSPS) is 22.4. The van der Waals surface area contributed by atoms with Crippen LogP contribution in [0.2, 0.25) is 0 Å². The van der Waals surface area contributed by atoms with Crippen molar-refractivity contribution < 1.29 is 34.6 Å². The van der Waals surface area contributed by atoms with Gasteiger partial charge in [0.2, 0.25) is 0 Å². The molecule has 0 rings (SSSR count). The van der Waals surface area contributed by atoms with Crippen molar-refractivity contribution in [1.82, 2.24) is 0 Å². The standard InChI is InChI=1S/C10H22O6/c1-13-6-7(12)9(15-3)10(16-4)8(5-11)14-2/h7-12H,5-6H2,1-4H3/t7-,8+,9-,10-/m1/s1/i1D,2D,3D,4D. The molecular weight excluding hydrogens is 216 g/mol. The van der Waals surface area contributed by atoms with Crippen LogP contribution in [0.3, 0.4) is 0 Å². The average molecular weight is 242 g/mol. The molecule has 0 heterocycles. The molecule has 2 N–H and O–H groups in total. The Kier molecular flexibility index (Phi) is 5.40. The first-order chi connectivity index (χ1) is 9.65. The van der Waals surface area contributed by atoms with E-state index in [2.05, 4.69) is 0 Å². The van der Waals surface area contributed by atoms with Gasteiger partial charge in [0.15, 0.2) is 0 Å². The van der Waals surface area contributed by atoms with Crippen LogP contribution in [-0.4, -0.2) is 76.2 Å². The fourth-order valence-corrected chi connectivity index (χ4v) is 1.31. The third-order valence-electron chi connectivity index (χ3n) is 2.14. The number of hydrogen-bond donors (Lipinski definition) is 2. The van der Waals surface area contributed by atoms with Gasteiger partial charge in [0.05, 0.1) is 18.7 Å². The number of aliphatic hydroxyl groups is 2. The molecular formula is C10H22O6. The number of ether oxygens (including phenoxy) is 4. The zero-order valence-corrected chi connectivity index (χ0v) is 9.08. The second-order valence-corrected chi connectivity index (χ2v) is 3.09. The van der Waals surface area contributed by atoms with Gasteiger partial charge in [-0.25, -0.2) is 0 Å². The second kappa shape index (κ2) is 8.86. The molecule has 0 aromatic rings. The van der Waals surface area contributed by atoms with Gasteiger partial charge in [-0.1, -0.05) is 0 Å². The number of methoxy groups -OCH3 is 4. The highest BCUT2D eigenvalue weighted by atomic mass is 16.6. The van der Waals surface area contributed by atoms with Crippen molar-refractivity contribution in [1.29, 1.82) is 0 Å². The van der Waals surface area contributed by atoms with Crippen LogP contribution in [-0.2, 0) is 18.9 Å². The molecule has 0 aromatic carbocycles. The minimum Gasteiger partial charge on any atom is -0.394 e. The fraction of sp³-hybridized carbons (Fsp3) is 1.00. The van der Waals surface area contributed by atoms with E-state index in [1.807, 2.05) is 0 Å². The molecule has 0 saturated carbocycles. The minimum absolute atomic E-state index is 0.217. The van der Waals surface area contributed by atoms with Crippen LogP contribution in [0, 0.1) is 0 Å². The van der Waals surface area contributed by atoms with Gasteiger partial charge in [-0.15, -0.1) is 0 Å². The van der Waals surface area contributed by atoms with E-state index in [9.17, 15) is 10.2 Å². The SMILES string of the molecule is [2H]COC[C@@H](O)[C@@H](OC[2H])[C@H](OC[2H])[C@H](CO)OC[2H]. The largest absolute Gasteiger partial charge is 0.394 e. The quantitative estimate of drug-likeness (QED) is 0.542. The van der Waals surface area contributed by atoms with E-state index >= 15 is 0 Å². The predicted octanol–water partition coefficient (Wildman–Crippen LogP) is -0.969. The van der Waals surface area contributed by atoms with Crippen LogP contribution in [0.25, 0.3) is 0 Å². The Morgan fingerprint density at radius 1 is 1.06 bits per heavy atom. The Labute approximate surface area is 102 Å². The lowest BCUT2D eigenvalue weighted by Crippen LogP contribution is -2.50. The van der Waals surface area contributed by atoms with Gasteiger partial charge >= 0.3 is 0 Å². The maximum atomic E-state index is 9.94. The predicted molar refractivity (Wildman–Crippen MR) is 57.4 cm³/mol. The topological polar surface area (TPSA) is 77.4 Å². The zero-order chi connectivity index (χ0) is 15.4. The summed E-state index contributed by atoms with van der Waals surface area (Å²) < 4.78 is 47.9. The summed E-state index contributed by atoms with van der Waals surface area (Å²) in [6, 6.07) is 0. The average Bonchev–Trinajstić information content (AvgIpc) is 2.46. The second-order valence-electron chi connectivity index (χ2n) is 3.09. The molecule has 98 valence electrons. The molecule has 0 aliphatic carbocycles. The Hall–Kier alpha value is -0.240. The van der Waals surface area contributed by atoms with Crippen molar-refractivity contribution in [3.05, 3.63) is 0 Å². The van der Waals surface area contributed by atoms with Crippen molar-refractivity contribution in [3.63, 3.8) is 0 Å². The molecule has 0 radical (unpaired) electrons. The van der Waals surface area contributed by atoms with E-state index in [0.29, 0.717) is 0 Å². The maximum Gasteiger partial charge on any atom is 0.114 e. The van der Waals surface area contributed by atoms with Crippen LogP contribution in [0.15, 0.2) is 0 Å². The lowest BCUT2D eigenvalue weighted by atomic mass is 10.0. The van der Waals surface area contributed by atoms with Gasteiger partial charge < -0.3 is 29.2 Å². The highest BCUT2D eigenvalue weighted by Crippen LogP contribution is 2.14. The number of rotatable bonds is 9. The maximum absolute atomic E-state index is 9.94. The first-order valence-electron chi connectivity index (χ1n) is 7.37. The summed E-state index contributed by atoms with van der Waals surface area (Å²) >= 11 is 0. The first kappa shape index (κ1) is 9.76. The number of hydrogen-bond acceptors (Lipinski definition) is 6. The minimum atomic E-state index is -1.22. The zero-order valence-electron chi connectivity index (χ0n) is 13.1. The van der Waals surface area contributed by atoms with Gasteiger partial charge in [-0.05, 0) is 0 Å². The number of aliphatic hydroxyl groups excluding tert-OH is 2. The smallest absolute Gasteiger partial charge is 0.114 e. The summed E-state index contributed by atoms with van der Waals surface area (Å²) in [6.45, 7) is -0.710. The van der Waals surface area contributed by atoms with Gasteiger partial charge in [0, 0.05) is 28.3 Å². The van der Waals surface area contributed by atoms with E-state index in [0.717, 1.165) is 0 Å². The van der Waals surface area contributed by atoms with E-state index in [-0.39, 0.29) is 13.7 Å². The Morgan fingerprint density at radius 2 is 1.75 bits per heavy atom. The van der Waals surface area contributed by atoms with Crippen molar-refractivity contribution in [2.45, 2.75) is 24.4 Å². The highest BCUT2D eigenvalue weighted by Gasteiger charge is 2.34. The van der Waals surface area contributed by atoms with Gasteiger partial charge in [-0.2, -0.15) is 0 Å². The summed E-state index contributed by atoms with van der Waals surface area (Å²) in [5.74, 6) is 0. The lowest BCUT2D eigenvalue weighted by molar-refractivity contribution is -0.158. The van der Waals surface area contributed by atoms with Crippen molar-refractivity contribution in [2.24, 2.45) is 0 Å². The third kappa shape index (κ3) is 4.32. The van der Waals surface area contributed by atoms with Gasteiger partial charge in [-0.3, -0.25) is 0 Å². The molecule has 6 nitrogen and oxygen atoms in total. The summed E-state index contributed by atoms with van der Waals surface area (Å²) in [5.41, 5.74) is 0. The van der Waals surface area contributed by atoms with Crippen molar-refractivity contribution in [3.8, 4) is 0 Å². The first-order valence-corrected chi connectivity index (χ1v) is 4.54. The Bertz CT molecular complexity index is 226. The van der Waals surface area contributed by atoms with Crippen LogP contribution < -0.4 is 0 Å². The van der Waals surface area contributed by atoms with Crippen molar-refractivity contribution >= 4 is 0 Å². The molecule has 6 heteroatoms. The molecule has 0 aromatic heterocycles. The third-order valence-corrected chi connectivity index (χ3v) is 2.14. The highest BCUT2D eigenvalue weighted by molar-refractivity contribution is 4.84. The van der Waals surface area contributed by atoms with E-state index in [1.165, 1.54) is 0 Å². The molecule has 0 saturated heterocycles. The monoisotopic (exact) mass is 242 g/mol. The molecule has 0 unspecified atom stereocenters. The molecule has 0 amide bonds. The van der Waals surface area contributed by atoms with E-state index < -0.39 is 52.3 Å². The van der Waals surface area contributed by atoms with Crippen LogP contribution >= 0.6 is 0 Å². The van der Waals surface area contributed by atoms with Crippen LogP contribution in [0.4, 0.5) is 0 Å². The van der Waals surface area contributed by atoms with E-state index in [4.69, 9.17) is 24.4 Å². The van der Waals surface area contributed by atoms with Crippen molar-refractivity contribution in [2.75, 3.05) is 41.6 Å². The molecule has 16 heavy (non-hydrogen) atoms. The van der Waals surface area contributed by atoms with Crippen LogP contribution in [0.1, 0.15) is 5.48 Å². The molecule has 0 spiro atoms. The summed E-state index contributed by atoms with van der Waals surface area (Å²) in [6.07, 6.45) is -4.30. The Balaban J connectivity index is 4.89. The molecule has 0 fully saturated rings. The van der Waals surface area contributed by atoms with Gasteiger partial charge in [0.25, 0.3) is 0 Å². The molecule has 4 atom stereocenters. The van der Waals surface area contributed by atoms with E-state index in [1.54, 1.807) is 0 Å². The summed E-state index contributed by atoms with van der Waals surface area (Å²) in [4.78, 5) is 0. The lowest BCUT2D eigenvalue weighted by Gasteiger charge is -2.32. The molecule has 0 aliphatic rings. The van der Waals surface area contributed by atoms with Crippen LogP contribution in [0.5, 0.6) is 0 Å². The van der Waals surface area contributed by atoms with Gasteiger partial charge in [0.1, 0.15) is 24.4 Å². The summed E-state index contributed by atoms with van der Waals surface area (Å²) in [7, 11) is -1.72. The molecule has 0 aliphatic heterocycles. The molecule has 0 bridgehead atoms. The fourth-order valence-electron chi connectivity index (χ4n) is 1.31. The summed E-state index contributed by atoms with van der Waals surface area (Å²) in [5, 5.41) is 19.2.